The highest BCUT2D eigenvalue weighted by atomic mass is 19.1. The Balaban J connectivity index is 1.36. The van der Waals surface area contributed by atoms with Crippen LogP contribution in [0.4, 0.5) is 14.6 Å². The third-order valence-electron chi connectivity index (χ3n) is 6.05. The van der Waals surface area contributed by atoms with E-state index in [1.807, 2.05) is 0 Å². The van der Waals surface area contributed by atoms with Crippen LogP contribution in [0.3, 0.4) is 0 Å². The van der Waals surface area contributed by atoms with E-state index in [9.17, 15) is 13.6 Å². The van der Waals surface area contributed by atoms with Crippen molar-refractivity contribution in [1.82, 2.24) is 20.3 Å². The van der Waals surface area contributed by atoms with Crippen molar-refractivity contribution in [3.05, 3.63) is 96.5 Å². The average molecular weight is 472 g/mol. The minimum Gasteiger partial charge on any atom is -0.355 e. The van der Waals surface area contributed by atoms with Crippen molar-refractivity contribution >= 4 is 11.7 Å². The number of amides is 1. The molecule has 5 rings (SSSR count). The molecule has 0 saturated carbocycles. The Morgan fingerprint density at radius 2 is 1.46 bits per heavy atom. The third kappa shape index (κ3) is 5.16. The van der Waals surface area contributed by atoms with E-state index in [1.165, 1.54) is 24.3 Å². The summed E-state index contributed by atoms with van der Waals surface area (Å²) in [5, 5.41) is 3.05. The van der Waals surface area contributed by atoms with Crippen LogP contribution in [0, 0.1) is 11.6 Å². The Bertz CT molecular complexity index is 1310. The number of benzene rings is 2. The van der Waals surface area contributed by atoms with E-state index >= 15 is 0 Å². The van der Waals surface area contributed by atoms with E-state index in [2.05, 4.69) is 20.2 Å². The topological polar surface area (TPSA) is 71.0 Å². The normalized spacial score (nSPS) is 14.1. The smallest absolute Gasteiger partial charge is 0.270 e. The zero-order valence-electron chi connectivity index (χ0n) is 18.9. The van der Waals surface area contributed by atoms with Crippen LogP contribution >= 0.6 is 0 Å². The molecule has 1 amide bonds. The van der Waals surface area contributed by atoms with Gasteiger partial charge >= 0.3 is 0 Å². The molecule has 2 aromatic heterocycles. The Morgan fingerprint density at radius 1 is 0.829 bits per heavy atom. The van der Waals surface area contributed by atoms with Gasteiger partial charge in [-0.05, 0) is 73.5 Å². The number of piperidine rings is 1. The summed E-state index contributed by atoms with van der Waals surface area (Å²) in [6.45, 7) is 1.39. The Kier molecular flexibility index (Phi) is 6.43. The number of anilines is 1. The maximum atomic E-state index is 13.6. The quantitative estimate of drug-likeness (QED) is 0.449. The SMILES string of the molecule is O=C(NC1CCN(c2cnc(-c3ccc(F)cc3)c(-c3ccc(F)cc3)n2)CC1)c1ccccn1. The van der Waals surface area contributed by atoms with E-state index in [4.69, 9.17) is 4.98 Å². The van der Waals surface area contributed by atoms with E-state index in [0.717, 1.165) is 24.0 Å². The second-order valence-electron chi connectivity index (χ2n) is 8.39. The molecular formula is C27H23F2N5O. The molecule has 0 radical (unpaired) electrons. The van der Waals surface area contributed by atoms with Gasteiger partial charge in [-0.3, -0.25) is 14.8 Å². The molecule has 3 heterocycles. The summed E-state index contributed by atoms with van der Waals surface area (Å²) in [5.74, 6) is -0.147. The standard InChI is InChI=1S/C27H23F2N5O/c28-20-8-4-18(5-9-20)25-26(19-6-10-21(29)11-7-19)33-24(17-31-25)34-15-12-22(13-16-34)32-27(35)23-3-1-2-14-30-23/h1-11,14,17,22H,12-13,15-16H2,(H,32,35). The van der Waals surface area contributed by atoms with Gasteiger partial charge in [0.1, 0.15) is 23.1 Å². The van der Waals surface area contributed by atoms with E-state index in [1.54, 1.807) is 54.9 Å². The molecule has 1 N–H and O–H groups in total. The van der Waals surface area contributed by atoms with Crippen LogP contribution in [0.15, 0.2) is 79.1 Å². The lowest BCUT2D eigenvalue weighted by Gasteiger charge is -2.33. The van der Waals surface area contributed by atoms with Gasteiger partial charge < -0.3 is 10.2 Å². The van der Waals surface area contributed by atoms with Gasteiger partial charge in [-0.1, -0.05) is 6.07 Å². The van der Waals surface area contributed by atoms with Crippen molar-refractivity contribution in [2.24, 2.45) is 0 Å². The number of carbonyl (C=O) groups is 1. The second kappa shape index (κ2) is 9.97. The zero-order valence-corrected chi connectivity index (χ0v) is 18.9. The first kappa shape index (κ1) is 22.6. The molecule has 1 aliphatic rings. The lowest BCUT2D eigenvalue weighted by Crippen LogP contribution is -2.45. The van der Waals surface area contributed by atoms with Gasteiger partial charge in [-0.15, -0.1) is 0 Å². The lowest BCUT2D eigenvalue weighted by molar-refractivity contribution is 0.0926. The number of halogens is 2. The first-order chi connectivity index (χ1) is 17.1. The Morgan fingerprint density at radius 3 is 2.06 bits per heavy atom. The Hall–Kier alpha value is -4.20. The summed E-state index contributed by atoms with van der Waals surface area (Å²) in [6, 6.07) is 17.5. The van der Waals surface area contributed by atoms with Gasteiger partial charge in [-0.2, -0.15) is 0 Å². The molecule has 0 aliphatic carbocycles. The van der Waals surface area contributed by atoms with Crippen LogP contribution < -0.4 is 10.2 Å². The van der Waals surface area contributed by atoms with Gasteiger partial charge in [-0.25, -0.2) is 13.8 Å². The summed E-state index contributed by atoms with van der Waals surface area (Å²) < 4.78 is 27.0. The molecular weight excluding hydrogens is 448 g/mol. The zero-order chi connectivity index (χ0) is 24.2. The van der Waals surface area contributed by atoms with Gasteiger partial charge in [0.15, 0.2) is 0 Å². The molecule has 2 aromatic carbocycles. The van der Waals surface area contributed by atoms with Crippen LogP contribution in [-0.2, 0) is 0 Å². The highest BCUT2D eigenvalue weighted by molar-refractivity contribution is 5.92. The summed E-state index contributed by atoms with van der Waals surface area (Å²) in [7, 11) is 0. The number of aromatic nitrogens is 3. The highest BCUT2D eigenvalue weighted by Gasteiger charge is 2.24. The molecule has 1 saturated heterocycles. The second-order valence-corrected chi connectivity index (χ2v) is 8.39. The molecule has 1 fully saturated rings. The van der Waals surface area contributed by atoms with E-state index in [0.29, 0.717) is 36.0 Å². The first-order valence-corrected chi connectivity index (χ1v) is 11.4. The fraction of sp³-hybridized carbons (Fsp3) is 0.185. The van der Waals surface area contributed by atoms with Gasteiger partial charge in [0.05, 0.1) is 17.6 Å². The summed E-state index contributed by atoms with van der Waals surface area (Å²) in [4.78, 5) is 28.2. The van der Waals surface area contributed by atoms with Gasteiger partial charge in [0.2, 0.25) is 0 Å². The molecule has 0 bridgehead atoms. The number of nitrogens with zero attached hydrogens (tertiary/aromatic N) is 4. The van der Waals surface area contributed by atoms with Gasteiger partial charge in [0.25, 0.3) is 5.91 Å². The number of nitrogens with one attached hydrogen (secondary N) is 1. The minimum atomic E-state index is -0.337. The monoisotopic (exact) mass is 471 g/mol. The molecule has 4 aromatic rings. The van der Waals surface area contributed by atoms with Crippen molar-refractivity contribution < 1.29 is 13.6 Å². The first-order valence-electron chi connectivity index (χ1n) is 11.4. The number of rotatable bonds is 5. The molecule has 0 atom stereocenters. The average Bonchev–Trinajstić information content (AvgIpc) is 2.90. The fourth-order valence-corrected chi connectivity index (χ4v) is 4.17. The molecule has 176 valence electrons. The summed E-state index contributed by atoms with van der Waals surface area (Å²) >= 11 is 0. The highest BCUT2D eigenvalue weighted by Crippen LogP contribution is 2.31. The number of carbonyl (C=O) groups excluding carboxylic acids is 1. The van der Waals surface area contributed by atoms with Crippen molar-refractivity contribution in [2.75, 3.05) is 18.0 Å². The summed E-state index contributed by atoms with van der Waals surface area (Å²) in [5.41, 5.74) is 3.04. The van der Waals surface area contributed by atoms with Crippen LogP contribution in [0.5, 0.6) is 0 Å². The third-order valence-corrected chi connectivity index (χ3v) is 6.05. The Labute approximate surface area is 201 Å². The summed E-state index contributed by atoms with van der Waals surface area (Å²) in [6.07, 6.45) is 4.82. The lowest BCUT2D eigenvalue weighted by atomic mass is 10.0. The minimum absolute atomic E-state index is 0.0452. The van der Waals surface area contributed by atoms with Crippen LogP contribution in [0.1, 0.15) is 23.3 Å². The number of hydrogen-bond donors (Lipinski definition) is 1. The van der Waals surface area contributed by atoms with Crippen molar-refractivity contribution in [3.8, 4) is 22.5 Å². The molecule has 1 aliphatic heterocycles. The molecule has 35 heavy (non-hydrogen) atoms. The molecule has 0 unspecified atom stereocenters. The predicted octanol–water partition coefficient (Wildman–Crippen LogP) is 4.88. The van der Waals surface area contributed by atoms with Crippen LogP contribution in [-0.4, -0.2) is 40.0 Å². The van der Waals surface area contributed by atoms with Crippen LogP contribution in [0.25, 0.3) is 22.5 Å². The number of pyridine rings is 1. The molecule has 8 heteroatoms. The maximum Gasteiger partial charge on any atom is 0.270 e. The molecule has 0 spiro atoms. The largest absolute Gasteiger partial charge is 0.355 e. The maximum absolute atomic E-state index is 13.6. The molecule has 6 nitrogen and oxygen atoms in total. The number of hydrogen-bond acceptors (Lipinski definition) is 5. The van der Waals surface area contributed by atoms with Crippen molar-refractivity contribution in [1.29, 1.82) is 0 Å². The van der Waals surface area contributed by atoms with E-state index in [-0.39, 0.29) is 23.6 Å². The predicted molar refractivity (Wildman–Crippen MR) is 130 cm³/mol. The van der Waals surface area contributed by atoms with Gasteiger partial charge in [0, 0.05) is 36.5 Å². The van der Waals surface area contributed by atoms with Crippen molar-refractivity contribution in [3.63, 3.8) is 0 Å². The van der Waals surface area contributed by atoms with Crippen molar-refractivity contribution in [2.45, 2.75) is 18.9 Å². The fourth-order valence-electron chi connectivity index (χ4n) is 4.17. The van der Waals surface area contributed by atoms with E-state index < -0.39 is 0 Å². The van der Waals surface area contributed by atoms with Crippen LogP contribution in [0.2, 0.25) is 0 Å².